The molecule has 134 valence electrons. The number of rotatable bonds is 5. The van der Waals surface area contributed by atoms with E-state index in [0.29, 0.717) is 29.2 Å². The Bertz CT molecular complexity index is 1020. The summed E-state index contributed by atoms with van der Waals surface area (Å²) in [6.07, 6.45) is 2.13. The number of hydrogen-bond acceptors (Lipinski definition) is 4. The first-order valence-electron chi connectivity index (χ1n) is 8.48. The van der Waals surface area contributed by atoms with Gasteiger partial charge >= 0.3 is 0 Å². The van der Waals surface area contributed by atoms with E-state index in [0.717, 1.165) is 11.1 Å². The zero-order valence-electron chi connectivity index (χ0n) is 15.1. The molecule has 0 radical (unpaired) electrons. The number of benzene rings is 1. The lowest BCUT2D eigenvalue weighted by atomic mass is 10.2. The molecular formula is C20H21N3O3. The molecule has 0 aliphatic rings. The van der Waals surface area contributed by atoms with E-state index < -0.39 is 0 Å². The van der Waals surface area contributed by atoms with E-state index in [-0.39, 0.29) is 18.1 Å². The van der Waals surface area contributed by atoms with Crippen LogP contribution in [0.4, 0.5) is 5.69 Å². The van der Waals surface area contributed by atoms with Crippen LogP contribution in [0.15, 0.2) is 47.4 Å². The summed E-state index contributed by atoms with van der Waals surface area (Å²) in [5, 5.41) is 2.81. The number of fused-ring (bicyclic) bond motifs is 1. The van der Waals surface area contributed by atoms with Crippen LogP contribution in [-0.4, -0.2) is 15.3 Å². The van der Waals surface area contributed by atoms with Gasteiger partial charge in [-0.2, -0.15) is 0 Å². The third-order valence-electron chi connectivity index (χ3n) is 4.04. The van der Waals surface area contributed by atoms with Crippen LogP contribution in [0.5, 0.6) is 5.75 Å². The number of aromatic nitrogens is 2. The van der Waals surface area contributed by atoms with Crippen LogP contribution in [0.1, 0.15) is 30.2 Å². The Balaban J connectivity index is 1.82. The molecule has 0 saturated heterocycles. The maximum atomic E-state index is 12.2. The van der Waals surface area contributed by atoms with Crippen LogP contribution in [0.25, 0.3) is 5.65 Å². The number of hydrogen-bond donors (Lipinski definition) is 1. The summed E-state index contributed by atoms with van der Waals surface area (Å²) < 4.78 is 7.35. The van der Waals surface area contributed by atoms with E-state index >= 15 is 0 Å². The fourth-order valence-electron chi connectivity index (χ4n) is 2.56. The minimum Gasteiger partial charge on any atom is -0.487 e. The standard InChI is InChI=1S/C20H21N3O3/c1-4-19(24)22-15-6-5-14(3)17(10-15)26-12-16-11-20(25)23-8-7-13(2)9-18(23)21-16/h5-11H,4,12H2,1-3H3,(H,22,24). The highest BCUT2D eigenvalue weighted by Gasteiger charge is 2.07. The number of nitrogens with one attached hydrogen (secondary N) is 1. The molecule has 2 aromatic heterocycles. The summed E-state index contributed by atoms with van der Waals surface area (Å²) in [6, 6.07) is 10.7. The molecule has 0 bridgehead atoms. The minimum absolute atomic E-state index is 0.0561. The number of pyridine rings is 1. The molecule has 1 amide bonds. The lowest BCUT2D eigenvalue weighted by Gasteiger charge is -2.12. The Morgan fingerprint density at radius 3 is 2.77 bits per heavy atom. The van der Waals surface area contributed by atoms with Crippen molar-refractivity contribution in [2.24, 2.45) is 0 Å². The lowest BCUT2D eigenvalue weighted by Crippen LogP contribution is -2.16. The van der Waals surface area contributed by atoms with Gasteiger partial charge in [-0.15, -0.1) is 0 Å². The summed E-state index contributed by atoms with van der Waals surface area (Å²) in [5.74, 6) is 0.588. The van der Waals surface area contributed by atoms with Gasteiger partial charge in [-0.1, -0.05) is 13.0 Å². The second-order valence-corrected chi connectivity index (χ2v) is 6.19. The first-order valence-corrected chi connectivity index (χ1v) is 8.48. The first kappa shape index (κ1) is 17.7. The fraction of sp³-hybridized carbons (Fsp3) is 0.250. The Morgan fingerprint density at radius 1 is 1.19 bits per heavy atom. The van der Waals surface area contributed by atoms with Gasteiger partial charge in [0.05, 0.1) is 5.69 Å². The summed E-state index contributed by atoms with van der Waals surface area (Å²) in [5.41, 5.74) is 3.66. The third-order valence-corrected chi connectivity index (χ3v) is 4.04. The van der Waals surface area contributed by atoms with Crippen molar-refractivity contribution in [3.8, 4) is 5.75 Å². The van der Waals surface area contributed by atoms with E-state index in [9.17, 15) is 9.59 Å². The summed E-state index contributed by atoms with van der Waals surface area (Å²) in [7, 11) is 0. The zero-order chi connectivity index (χ0) is 18.7. The monoisotopic (exact) mass is 351 g/mol. The van der Waals surface area contributed by atoms with Crippen molar-refractivity contribution in [2.75, 3.05) is 5.32 Å². The van der Waals surface area contributed by atoms with Crippen molar-refractivity contribution >= 4 is 17.2 Å². The quantitative estimate of drug-likeness (QED) is 0.766. The topological polar surface area (TPSA) is 72.7 Å². The maximum absolute atomic E-state index is 12.2. The van der Waals surface area contributed by atoms with Crippen molar-refractivity contribution in [3.05, 3.63) is 69.8 Å². The highest BCUT2D eigenvalue weighted by Crippen LogP contribution is 2.23. The third kappa shape index (κ3) is 3.91. The Morgan fingerprint density at radius 2 is 2.00 bits per heavy atom. The predicted octanol–water partition coefficient (Wildman–Crippen LogP) is 3.24. The van der Waals surface area contributed by atoms with Gasteiger partial charge in [-0.25, -0.2) is 4.98 Å². The van der Waals surface area contributed by atoms with Crippen molar-refractivity contribution in [1.82, 2.24) is 9.38 Å². The Kier molecular flexibility index (Phi) is 5.02. The van der Waals surface area contributed by atoms with Gasteiger partial charge < -0.3 is 10.1 Å². The predicted molar refractivity (Wildman–Crippen MR) is 101 cm³/mol. The molecular weight excluding hydrogens is 330 g/mol. The van der Waals surface area contributed by atoms with Crippen LogP contribution in [-0.2, 0) is 11.4 Å². The molecule has 3 rings (SSSR count). The SMILES string of the molecule is CCC(=O)Nc1ccc(C)c(OCc2cc(=O)n3ccc(C)cc3n2)c1. The molecule has 6 heteroatoms. The van der Waals surface area contributed by atoms with Crippen molar-refractivity contribution in [2.45, 2.75) is 33.8 Å². The minimum atomic E-state index is -0.144. The van der Waals surface area contributed by atoms with Crippen LogP contribution >= 0.6 is 0 Å². The smallest absolute Gasteiger partial charge is 0.258 e. The molecule has 2 heterocycles. The first-order chi connectivity index (χ1) is 12.5. The van der Waals surface area contributed by atoms with E-state index in [1.54, 1.807) is 19.2 Å². The molecule has 1 aromatic carbocycles. The summed E-state index contributed by atoms with van der Waals surface area (Å²) in [4.78, 5) is 28.3. The molecule has 0 fully saturated rings. The number of anilines is 1. The van der Waals surface area contributed by atoms with Crippen LogP contribution in [0.2, 0.25) is 0 Å². The molecule has 6 nitrogen and oxygen atoms in total. The second-order valence-electron chi connectivity index (χ2n) is 6.19. The average molecular weight is 351 g/mol. The van der Waals surface area contributed by atoms with Gasteiger partial charge in [0.1, 0.15) is 18.0 Å². The highest BCUT2D eigenvalue weighted by molar-refractivity contribution is 5.90. The number of carbonyl (C=O) groups is 1. The van der Waals surface area contributed by atoms with Gasteiger partial charge in [-0.3, -0.25) is 14.0 Å². The summed E-state index contributed by atoms with van der Waals surface area (Å²) >= 11 is 0. The van der Waals surface area contributed by atoms with Gasteiger partial charge in [0.25, 0.3) is 5.56 Å². The van der Waals surface area contributed by atoms with Gasteiger partial charge in [0.2, 0.25) is 5.91 Å². The van der Waals surface area contributed by atoms with Crippen LogP contribution in [0.3, 0.4) is 0 Å². The Hall–Kier alpha value is -3.15. The molecule has 26 heavy (non-hydrogen) atoms. The molecule has 0 atom stereocenters. The number of ether oxygens (including phenoxy) is 1. The van der Waals surface area contributed by atoms with Crippen LogP contribution < -0.4 is 15.6 Å². The number of nitrogens with zero attached hydrogens (tertiary/aromatic N) is 2. The van der Waals surface area contributed by atoms with Gasteiger partial charge in [0, 0.05) is 30.4 Å². The van der Waals surface area contributed by atoms with Crippen molar-refractivity contribution in [3.63, 3.8) is 0 Å². The molecule has 1 N–H and O–H groups in total. The highest BCUT2D eigenvalue weighted by atomic mass is 16.5. The zero-order valence-corrected chi connectivity index (χ0v) is 15.1. The molecule has 0 aliphatic carbocycles. The van der Waals surface area contributed by atoms with E-state index in [1.165, 1.54) is 10.5 Å². The second kappa shape index (κ2) is 7.39. The van der Waals surface area contributed by atoms with E-state index in [1.807, 2.05) is 38.1 Å². The lowest BCUT2D eigenvalue weighted by molar-refractivity contribution is -0.115. The maximum Gasteiger partial charge on any atom is 0.258 e. The Labute approximate surface area is 151 Å². The largest absolute Gasteiger partial charge is 0.487 e. The van der Waals surface area contributed by atoms with E-state index in [2.05, 4.69) is 10.3 Å². The van der Waals surface area contributed by atoms with Crippen molar-refractivity contribution in [1.29, 1.82) is 0 Å². The summed E-state index contributed by atoms with van der Waals surface area (Å²) in [6.45, 7) is 5.85. The van der Waals surface area contributed by atoms with Gasteiger partial charge in [-0.05, 0) is 43.2 Å². The molecule has 0 unspecified atom stereocenters. The molecule has 0 saturated carbocycles. The van der Waals surface area contributed by atoms with Crippen molar-refractivity contribution < 1.29 is 9.53 Å². The fourth-order valence-corrected chi connectivity index (χ4v) is 2.56. The van der Waals surface area contributed by atoms with E-state index in [4.69, 9.17) is 4.74 Å². The normalized spacial score (nSPS) is 10.7. The molecule has 0 spiro atoms. The van der Waals surface area contributed by atoms with Crippen LogP contribution in [0, 0.1) is 13.8 Å². The average Bonchev–Trinajstić information content (AvgIpc) is 2.61. The van der Waals surface area contributed by atoms with Gasteiger partial charge in [0.15, 0.2) is 0 Å². The number of amides is 1. The number of carbonyl (C=O) groups excluding carboxylic acids is 1. The molecule has 0 aliphatic heterocycles. The molecule has 3 aromatic rings. The number of aryl methyl sites for hydroxylation is 2.